The Morgan fingerprint density at radius 2 is 1.15 bits per heavy atom. The molecule has 0 aliphatic carbocycles. The molecule has 3 heterocycles. The zero-order chi connectivity index (χ0) is 27.5. The quantitative estimate of drug-likeness (QED) is 0.222. The normalized spacial score (nSPS) is 16.1. The Morgan fingerprint density at radius 1 is 0.600 bits per heavy atom. The molecule has 1 aliphatic heterocycles. The predicted octanol–water partition coefficient (Wildman–Crippen LogP) is 7.79. The summed E-state index contributed by atoms with van der Waals surface area (Å²) < 4.78 is 15.2. The average Bonchev–Trinajstić information content (AvgIpc) is 3.48. The summed E-state index contributed by atoms with van der Waals surface area (Å²) in [5.41, 5.74) is 7.63. The molecule has 40 heavy (non-hydrogen) atoms. The molecular weight excluding hydrogens is 491 g/mol. The van der Waals surface area contributed by atoms with Crippen LogP contribution in [0.4, 0.5) is 0 Å². The third kappa shape index (κ3) is 3.88. The van der Waals surface area contributed by atoms with Crippen LogP contribution in [0, 0.1) is 0 Å². The fraction of sp³-hybridized carbons (Fsp3) is 0.171. The third-order valence-corrected chi connectivity index (χ3v) is 8.48. The monoisotopic (exact) mass is 522 g/mol. The summed E-state index contributed by atoms with van der Waals surface area (Å²) in [7, 11) is -0.475. The lowest BCUT2D eigenvalue weighted by molar-refractivity contribution is 0.00578. The summed E-state index contributed by atoms with van der Waals surface area (Å²) in [5.74, 6) is 0. The Labute approximate surface area is 235 Å². The van der Waals surface area contributed by atoms with E-state index in [9.17, 15) is 0 Å². The van der Waals surface area contributed by atoms with Crippen molar-refractivity contribution in [3.05, 3.63) is 115 Å². The fourth-order valence-electron chi connectivity index (χ4n) is 5.66. The standard InChI is InChI=1S/C35H31BN2O2/c1-34(2)35(3,4)40-36(39-34)29-22-14-21-27-28(29)23-30(24-15-8-5-9-16-24)38-33(27)31(25-17-10-6-11-18-25)32(37-38)26-19-12-7-13-20-26/h5-23H,1-4H3. The van der Waals surface area contributed by atoms with Gasteiger partial charge in [0.25, 0.3) is 0 Å². The first-order chi connectivity index (χ1) is 19.3. The molecule has 0 amide bonds. The van der Waals surface area contributed by atoms with Crippen LogP contribution in [0.3, 0.4) is 0 Å². The summed E-state index contributed by atoms with van der Waals surface area (Å²) in [6.07, 6.45) is 0. The van der Waals surface area contributed by atoms with Crippen molar-refractivity contribution in [1.82, 2.24) is 9.61 Å². The van der Waals surface area contributed by atoms with E-state index in [-0.39, 0.29) is 0 Å². The van der Waals surface area contributed by atoms with Gasteiger partial charge in [0.05, 0.1) is 22.4 Å². The summed E-state index contributed by atoms with van der Waals surface area (Å²) >= 11 is 0. The molecule has 0 spiro atoms. The molecule has 6 aromatic rings. The van der Waals surface area contributed by atoms with Gasteiger partial charge < -0.3 is 9.31 Å². The van der Waals surface area contributed by atoms with E-state index < -0.39 is 18.3 Å². The van der Waals surface area contributed by atoms with Crippen molar-refractivity contribution >= 4 is 28.9 Å². The Balaban J connectivity index is 1.61. The predicted molar refractivity (Wildman–Crippen MR) is 165 cm³/mol. The van der Waals surface area contributed by atoms with E-state index in [2.05, 4.69) is 135 Å². The largest absolute Gasteiger partial charge is 0.495 e. The maximum absolute atomic E-state index is 6.56. The minimum atomic E-state index is -0.475. The number of pyridine rings is 1. The van der Waals surface area contributed by atoms with Crippen LogP contribution in [0.1, 0.15) is 27.7 Å². The first-order valence-electron chi connectivity index (χ1n) is 13.8. The summed E-state index contributed by atoms with van der Waals surface area (Å²) in [5, 5.41) is 7.53. The minimum absolute atomic E-state index is 0.432. The van der Waals surface area contributed by atoms with Gasteiger partial charge in [-0.1, -0.05) is 109 Å². The number of fused-ring (bicyclic) bond motifs is 3. The highest BCUT2D eigenvalue weighted by Gasteiger charge is 2.52. The van der Waals surface area contributed by atoms with Crippen LogP contribution in [-0.2, 0) is 9.31 Å². The Kier molecular flexibility index (Phi) is 5.70. The topological polar surface area (TPSA) is 35.8 Å². The van der Waals surface area contributed by atoms with Crippen molar-refractivity contribution < 1.29 is 9.31 Å². The highest BCUT2D eigenvalue weighted by molar-refractivity contribution is 6.65. The van der Waals surface area contributed by atoms with Crippen LogP contribution in [0.15, 0.2) is 115 Å². The first-order valence-corrected chi connectivity index (χ1v) is 13.8. The molecular formula is C35H31BN2O2. The summed E-state index contributed by atoms with van der Waals surface area (Å²) in [6, 6.07) is 40.2. The van der Waals surface area contributed by atoms with E-state index in [1.807, 2.05) is 12.1 Å². The molecule has 0 saturated carbocycles. The van der Waals surface area contributed by atoms with Crippen LogP contribution in [0.2, 0.25) is 0 Å². The molecule has 196 valence electrons. The number of benzene rings is 4. The maximum atomic E-state index is 6.56. The van der Waals surface area contributed by atoms with Crippen molar-refractivity contribution in [2.75, 3.05) is 0 Å². The van der Waals surface area contributed by atoms with Gasteiger partial charge in [-0.05, 0) is 50.2 Å². The van der Waals surface area contributed by atoms with Gasteiger partial charge in [-0.3, -0.25) is 0 Å². The molecule has 2 aromatic heterocycles. The van der Waals surface area contributed by atoms with E-state index in [1.165, 1.54) is 0 Å². The molecule has 4 nitrogen and oxygen atoms in total. The molecule has 0 atom stereocenters. The summed E-state index contributed by atoms with van der Waals surface area (Å²) in [6.45, 7) is 8.40. The average molecular weight is 522 g/mol. The molecule has 1 aliphatic rings. The minimum Gasteiger partial charge on any atom is -0.399 e. The van der Waals surface area contributed by atoms with Crippen molar-refractivity contribution in [3.63, 3.8) is 0 Å². The Bertz CT molecular complexity index is 1830. The van der Waals surface area contributed by atoms with Gasteiger partial charge in [-0.2, -0.15) is 5.10 Å². The van der Waals surface area contributed by atoms with Gasteiger partial charge in [-0.25, -0.2) is 4.52 Å². The SMILES string of the molecule is CC1(C)OB(c2cccc3c2cc(-c2ccccc2)n2nc(-c4ccccc4)c(-c4ccccc4)c32)OC1(C)C. The van der Waals surface area contributed by atoms with E-state index in [0.29, 0.717) is 0 Å². The molecule has 1 fully saturated rings. The molecule has 4 aromatic carbocycles. The van der Waals surface area contributed by atoms with Gasteiger partial charge in [0.1, 0.15) is 5.69 Å². The first kappa shape index (κ1) is 24.8. The Morgan fingerprint density at radius 3 is 1.75 bits per heavy atom. The second kappa shape index (κ2) is 9.19. The lowest BCUT2D eigenvalue weighted by Crippen LogP contribution is -2.41. The highest BCUT2D eigenvalue weighted by atomic mass is 16.7. The summed E-state index contributed by atoms with van der Waals surface area (Å²) in [4.78, 5) is 0. The maximum Gasteiger partial charge on any atom is 0.495 e. The number of rotatable bonds is 4. The molecule has 0 unspecified atom stereocenters. The molecule has 5 heteroatoms. The van der Waals surface area contributed by atoms with Crippen LogP contribution in [0.5, 0.6) is 0 Å². The van der Waals surface area contributed by atoms with Crippen LogP contribution in [0.25, 0.3) is 49.9 Å². The molecule has 0 radical (unpaired) electrons. The van der Waals surface area contributed by atoms with Crippen molar-refractivity contribution in [2.45, 2.75) is 38.9 Å². The van der Waals surface area contributed by atoms with E-state index in [4.69, 9.17) is 14.4 Å². The lowest BCUT2D eigenvalue weighted by atomic mass is 9.75. The van der Waals surface area contributed by atoms with Crippen molar-refractivity contribution in [3.8, 4) is 33.6 Å². The smallest absolute Gasteiger partial charge is 0.399 e. The highest BCUT2D eigenvalue weighted by Crippen LogP contribution is 2.42. The van der Waals surface area contributed by atoms with Crippen LogP contribution in [-0.4, -0.2) is 27.9 Å². The second-order valence-corrected chi connectivity index (χ2v) is 11.5. The van der Waals surface area contributed by atoms with Crippen molar-refractivity contribution in [1.29, 1.82) is 0 Å². The van der Waals surface area contributed by atoms with Gasteiger partial charge in [-0.15, -0.1) is 0 Å². The van der Waals surface area contributed by atoms with Gasteiger partial charge >= 0.3 is 7.12 Å². The zero-order valence-electron chi connectivity index (χ0n) is 23.3. The molecule has 0 bridgehead atoms. The van der Waals surface area contributed by atoms with Crippen LogP contribution >= 0.6 is 0 Å². The number of nitrogens with zero attached hydrogens (tertiary/aromatic N) is 2. The number of hydrogen-bond acceptors (Lipinski definition) is 3. The van der Waals surface area contributed by atoms with Gasteiger partial charge in [0.2, 0.25) is 0 Å². The van der Waals surface area contributed by atoms with E-state index in [0.717, 1.165) is 55.4 Å². The Hall–Kier alpha value is -4.19. The fourth-order valence-corrected chi connectivity index (χ4v) is 5.66. The van der Waals surface area contributed by atoms with Crippen LogP contribution < -0.4 is 5.46 Å². The molecule has 0 N–H and O–H groups in total. The molecule has 7 rings (SSSR count). The van der Waals surface area contributed by atoms with E-state index in [1.54, 1.807) is 0 Å². The number of hydrogen-bond donors (Lipinski definition) is 0. The third-order valence-electron chi connectivity index (χ3n) is 8.48. The van der Waals surface area contributed by atoms with E-state index >= 15 is 0 Å². The zero-order valence-corrected chi connectivity index (χ0v) is 23.3. The molecule has 1 saturated heterocycles. The number of aromatic nitrogens is 2. The van der Waals surface area contributed by atoms with Crippen molar-refractivity contribution in [2.24, 2.45) is 0 Å². The van der Waals surface area contributed by atoms with Gasteiger partial charge in [0, 0.05) is 22.1 Å². The second-order valence-electron chi connectivity index (χ2n) is 11.5. The van der Waals surface area contributed by atoms with Gasteiger partial charge in [0.15, 0.2) is 0 Å². The lowest BCUT2D eigenvalue weighted by Gasteiger charge is -2.32.